The van der Waals surface area contributed by atoms with Gasteiger partial charge in [0.1, 0.15) is 5.75 Å². The lowest BCUT2D eigenvalue weighted by atomic mass is 10.0. The lowest BCUT2D eigenvalue weighted by Crippen LogP contribution is -2.18. The van der Waals surface area contributed by atoms with Crippen LogP contribution in [0.2, 0.25) is 0 Å². The predicted molar refractivity (Wildman–Crippen MR) is 122 cm³/mol. The molecule has 0 radical (unpaired) electrons. The zero-order valence-corrected chi connectivity index (χ0v) is 19.7. The smallest absolute Gasteiger partial charge is 0.292 e. The molecule has 7 heteroatoms. The van der Waals surface area contributed by atoms with Crippen LogP contribution in [0.15, 0.2) is 23.0 Å². The Morgan fingerprint density at radius 3 is 2.00 bits per heavy atom. The number of rotatable bonds is 4. The van der Waals surface area contributed by atoms with Crippen molar-refractivity contribution >= 4 is 12.4 Å². The number of aromatic amines is 1. The zero-order chi connectivity index (χ0) is 23.4. The first kappa shape index (κ1) is 30.9. The van der Waals surface area contributed by atoms with Crippen molar-refractivity contribution in [3.63, 3.8) is 0 Å². The van der Waals surface area contributed by atoms with E-state index in [2.05, 4.69) is 14.7 Å². The Balaban J connectivity index is -0.000000580. The number of ether oxygens (including phenoxy) is 2. The second-order valence-electron chi connectivity index (χ2n) is 4.84. The molecule has 0 atom stereocenters. The highest BCUT2D eigenvalue weighted by Gasteiger charge is 2.11. The van der Waals surface area contributed by atoms with Crippen molar-refractivity contribution in [1.82, 2.24) is 9.97 Å². The summed E-state index contributed by atoms with van der Waals surface area (Å²) in [6.45, 7) is 16.1. The minimum absolute atomic E-state index is 0.141. The Morgan fingerprint density at radius 1 is 1.07 bits per heavy atom. The quantitative estimate of drug-likeness (QED) is 0.723. The van der Waals surface area contributed by atoms with Gasteiger partial charge in [0.25, 0.3) is 12.0 Å². The zero-order valence-electron chi connectivity index (χ0n) is 19.7. The van der Waals surface area contributed by atoms with E-state index in [1.165, 1.54) is 7.11 Å². The number of nitrogens with zero attached hydrogens (tertiary/aromatic N) is 1. The van der Waals surface area contributed by atoms with Gasteiger partial charge >= 0.3 is 0 Å². The van der Waals surface area contributed by atoms with Crippen molar-refractivity contribution in [3.05, 3.63) is 50.9 Å². The van der Waals surface area contributed by atoms with Crippen molar-refractivity contribution in [1.29, 1.82) is 0 Å². The average Bonchev–Trinajstić information content (AvgIpc) is 2.76. The molecule has 2 aromatic rings. The number of aryl methyl sites for hydroxylation is 2. The van der Waals surface area contributed by atoms with E-state index in [0.717, 1.165) is 16.9 Å². The first-order chi connectivity index (χ1) is 13.9. The normalized spacial score (nSPS) is 8.21. The van der Waals surface area contributed by atoms with Crippen LogP contribution in [0.5, 0.6) is 5.75 Å². The molecule has 0 saturated carbocycles. The highest BCUT2D eigenvalue weighted by molar-refractivity contribution is 5.41. The maximum atomic E-state index is 11.9. The first-order valence-corrected chi connectivity index (χ1v) is 9.88. The number of carbonyl (C=O) groups is 1. The highest BCUT2D eigenvalue weighted by Crippen LogP contribution is 2.22. The molecule has 0 amide bonds. The topological polar surface area (TPSA) is 107 Å². The molecule has 0 aliphatic carbocycles. The van der Waals surface area contributed by atoms with Gasteiger partial charge in [0.15, 0.2) is 0 Å². The van der Waals surface area contributed by atoms with Gasteiger partial charge in [-0.05, 0) is 31.0 Å². The summed E-state index contributed by atoms with van der Waals surface area (Å²) in [7, 11) is 2.93. The number of nitrogens with one attached hydrogen (secondary N) is 1. The minimum Gasteiger partial charge on any atom is -0.496 e. The summed E-state index contributed by atoms with van der Waals surface area (Å²) in [5, 5.41) is 0. The fourth-order valence-corrected chi connectivity index (χ4v) is 2.03. The molecule has 0 spiro atoms. The molecule has 1 heterocycles. The van der Waals surface area contributed by atoms with Gasteiger partial charge in [-0.3, -0.25) is 14.6 Å². The van der Waals surface area contributed by atoms with Gasteiger partial charge in [-0.2, -0.15) is 0 Å². The maximum Gasteiger partial charge on any atom is 0.292 e. The molecule has 0 fully saturated rings. The second kappa shape index (κ2) is 19.9. The summed E-state index contributed by atoms with van der Waals surface area (Å²) >= 11 is 0. The van der Waals surface area contributed by atoms with Crippen LogP contribution >= 0.6 is 0 Å². The first-order valence-electron chi connectivity index (χ1n) is 9.88. The van der Waals surface area contributed by atoms with E-state index in [1.54, 1.807) is 14.0 Å². The van der Waals surface area contributed by atoms with Gasteiger partial charge < -0.3 is 15.2 Å². The van der Waals surface area contributed by atoms with Crippen LogP contribution in [0.4, 0.5) is 5.95 Å². The standard InChI is InChI=1S/C14H17N3O2.C2H4O2.3C2H6/c1-8-4-5-10(12(6-8)19-3)7-11-9(2)16-14(15)17-13(11)18;1-4-2-3;3*1-2/h4-6H,7H2,1-3H3,(H3,15,16,17,18);2H,1H3;3*1-2H3. The molecule has 1 aromatic heterocycles. The van der Waals surface area contributed by atoms with Gasteiger partial charge in [0.05, 0.1) is 19.9 Å². The van der Waals surface area contributed by atoms with Crippen molar-refractivity contribution < 1.29 is 14.3 Å². The van der Waals surface area contributed by atoms with Crippen molar-refractivity contribution in [3.8, 4) is 5.75 Å². The number of methoxy groups -OCH3 is 2. The van der Waals surface area contributed by atoms with E-state index < -0.39 is 0 Å². The Kier molecular flexibility index (Phi) is 21.2. The van der Waals surface area contributed by atoms with E-state index in [-0.39, 0.29) is 11.5 Å². The lowest BCUT2D eigenvalue weighted by molar-refractivity contribution is -0.126. The van der Waals surface area contributed by atoms with E-state index in [9.17, 15) is 4.79 Å². The number of carbonyl (C=O) groups excluding carboxylic acids is 1. The SMILES string of the molecule is CC.CC.CC.COC=O.COc1cc(C)ccc1Cc1c(C)nc(N)[nH]c1=O. The number of H-pyrrole nitrogens is 1. The highest BCUT2D eigenvalue weighted by atomic mass is 16.5. The molecular weight excluding hydrogens is 370 g/mol. The minimum atomic E-state index is -0.201. The van der Waals surface area contributed by atoms with Crippen LogP contribution in [-0.4, -0.2) is 30.7 Å². The molecule has 0 aliphatic heterocycles. The molecule has 0 saturated heterocycles. The molecule has 2 rings (SSSR count). The third-order valence-electron chi connectivity index (χ3n) is 3.15. The molecule has 166 valence electrons. The van der Waals surface area contributed by atoms with Crippen molar-refractivity contribution in [2.75, 3.05) is 20.0 Å². The molecule has 29 heavy (non-hydrogen) atoms. The Labute approximate surface area is 175 Å². The summed E-state index contributed by atoms with van der Waals surface area (Å²) in [6, 6.07) is 5.90. The Hall–Kier alpha value is -2.83. The van der Waals surface area contributed by atoms with E-state index >= 15 is 0 Å². The predicted octanol–water partition coefficient (Wildman–Crippen LogP) is 4.44. The average molecular weight is 410 g/mol. The molecular formula is C22H39N3O4. The largest absolute Gasteiger partial charge is 0.496 e. The fraction of sp³-hybridized carbons (Fsp3) is 0.500. The number of hydrogen-bond acceptors (Lipinski definition) is 6. The molecule has 0 aliphatic rings. The number of aromatic nitrogens is 2. The van der Waals surface area contributed by atoms with Crippen LogP contribution in [0.1, 0.15) is 63.9 Å². The van der Waals surface area contributed by atoms with Crippen LogP contribution in [-0.2, 0) is 16.0 Å². The van der Waals surface area contributed by atoms with E-state index in [4.69, 9.17) is 15.3 Å². The maximum absolute atomic E-state index is 11.9. The van der Waals surface area contributed by atoms with Gasteiger partial charge in [-0.15, -0.1) is 0 Å². The molecule has 7 nitrogen and oxygen atoms in total. The van der Waals surface area contributed by atoms with E-state index in [0.29, 0.717) is 24.2 Å². The van der Waals surface area contributed by atoms with Crippen LogP contribution in [0, 0.1) is 13.8 Å². The Bertz CT molecular complexity index is 728. The summed E-state index contributed by atoms with van der Waals surface area (Å²) in [5.74, 6) is 0.915. The van der Waals surface area contributed by atoms with Gasteiger partial charge in [0.2, 0.25) is 5.95 Å². The number of hydrogen-bond donors (Lipinski definition) is 2. The summed E-state index contributed by atoms with van der Waals surface area (Å²) in [6.07, 6.45) is 0.470. The number of nitrogens with two attached hydrogens (primary N) is 1. The molecule has 0 bridgehead atoms. The van der Waals surface area contributed by atoms with Crippen molar-refractivity contribution in [2.45, 2.75) is 61.8 Å². The van der Waals surface area contributed by atoms with Gasteiger partial charge in [0, 0.05) is 12.0 Å². The Morgan fingerprint density at radius 2 is 1.59 bits per heavy atom. The second-order valence-corrected chi connectivity index (χ2v) is 4.84. The fourth-order valence-electron chi connectivity index (χ4n) is 2.03. The molecule has 1 aromatic carbocycles. The number of benzene rings is 1. The van der Waals surface area contributed by atoms with Crippen molar-refractivity contribution in [2.24, 2.45) is 0 Å². The third-order valence-corrected chi connectivity index (χ3v) is 3.15. The number of anilines is 1. The molecule has 0 unspecified atom stereocenters. The summed E-state index contributed by atoms with van der Waals surface area (Å²) in [5.41, 5.74) is 8.62. The van der Waals surface area contributed by atoms with Crippen LogP contribution in [0.3, 0.4) is 0 Å². The van der Waals surface area contributed by atoms with Gasteiger partial charge in [-0.1, -0.05) is 53.7 Å². The molecule has 3 N–H and O–H groups in total. The third kappa shape index (κ3) is 12.3. The van der Waals surface area contributed by atoms with Crippen LogP contribution < -0.4 is 16.0 Å². The van der Waals surface area contributed by atoms with E-state index in [1.807, 2.05) is 66.7 Å². The lowest BCUT2D eigenvalue weighted by Gasteiger charge is -2.10. The summed E-state index contributed by atoms with van der Waals surface area (Å²) in [4.78, 5) is 27.5. The summed E-state index contributed by atoms with van der Waals surface area (Å²) < 4.78 is 9.21. The number of nitrogen functional groups attached to an aromatic ring is 1. The monoisotopic (exact) mass is 409 g/mol. The van der Waals surface area contributed by atoms with Gasteiger partial charge in [-0.25, -0.2) is 4.98 Å². The van der Waals surface area contributed by atoms with Crippen LogP contribution in [0.25, 0.3) is 0 Å².